The molecule has 0 radical (unpaired) electrons. The Morgan fingerprint density at radius 2 is 2.03 bits per heavy atom. The smallest absolute Gasteiger partial charge is 0.336 e. The Morgan fingerprint density at radius 1 is 1.24 bits per heavy atom. The molecule has 2 N–H and O–H groups in total. The molecule has 0 saturated carbocycles. The Hall–Kier alpha value is -2.77. The van der Waals surface area contributed by atoms with Crippen LogP contribution in [0.3, 0.4) is 0 Å². The van der Waals surface area contributed by atoms with E-state index in [1.165, 1.54) is 0 Å². The molecule has 1 fully saturated rings. The van der Waals surface area contributed by atoms with Crippen LogP contribution in [0.4, 0.5) is 0 Å². The first-order chi connectivity index (χ1) is 15.7. The first-order valence-corrected chi connectivity index (χ1v) is 11.5. The summed E-state index contributed by atoms with van der Waals surface area (Å²) in [6.45, 7) is 6.80. The molecule has 1 saturated heterocycles. The highest BCUT2D eigenvalue weighted by molar-refractivity contribution is 6.34. The lowest BCUT2D eigenvalue weighted by molar-refractivity contribution is -0.159. The highest BCUT2D eigenvalue weighted by atomic mass is 35.5. The van der Waals surface area contributed by atoms with Crippen LogP contribution >= 0.6 is 11.6 Å². The molecule has 8 heteroatoms. The van der Waals surface area contributed by atoms with E-state index in [0.29, 0.717) is 48.1 Å². The van der Waals surface area contributed by atoms with Gasteiger partial charge in [-0.25, -0.2) is 4.79 Å². The maximum absolute atomic E-state index is 12.8. The number of ether oxygens (including phenoxy) is 3. The van der Waals surface area contributed by atoms with Crippen molar-refractivity contribution in [2.24, 2.45) is 0 Å². The normalized spacial score (nSPS) is 17.7. The van der Waals surface area contributed by atoms with Crippen molar-refractivity contribution in [3.8, 4) is 11.5 Å². The number of carboxylic acid groups (broad SMARTS) is 1. The minimum absolute atomic E-state index is 0.0000884. The number of benzene rings is 2. The van der Waals surface area contributed by atoms with Crippen LogP contribution < -0.4 is 14.8 Å². The van der Waals surface area contributed by atoms with E-state index in [9.17, 15) is 14.7 Å². The molecule has 3 rings (SSSR count). The Bertz CT molecular complexity index is 1000. The number of hydrogen-bond acceptors (Lipinski definition) is 5. The van der Waals surface area contributed by atoms with Crippen LogP contribution in [0.2, 0.25) is 5.02 Å². The molecule has 178 valence electrons. The number of hydrogen-bond donors (Lipinski definition) is 2. The zero-order valence-electron chi connectivity index (χ0n) is 19.2. The van der Waals surface area contributed by atoms with Crippen molar-refractivity contribution in [2.45, 2.75) is 58.3 Å². The summed E-state index contributed by atoms with van der Waals surface area (Å²) >= 11 is 6.30. The van der Waals surface area contributed by atoms with Gasteiger partial charge in [0.1, 0.15) is 11.5 Å². The van der Waals surface area contributed by atoms with E-state index < -0.39 is 11.6 Å². The highest BCUT2D eigenvalue weighted by Gasteiger charge is 2.43. The summed E-state index contributed by atoms with van der Waals surface area (Å²) in [5.41, 5.74) is 0.685. The van der Waals surface area contributed by atoms with Crippen molar-refractivity contribution < 1.29 is 28.9 Å². The molecule has 1 unspecified atom stereocenters. The lowest BCUT2D eigenvalue weighted by Crippen LogP contribution is -2.40. The Kier molecular flexibility index (Phi) is 8.21. The first kappa shape index (κ1) is 24.9. The molecule has 0 aliphatic carbocycles. The first-order valence-electron chi connectivity index (χ1n) is 11.1. The minimum Gasteiger partial charge on any atom is -0.494 e. The van der Waals surface area contributed by atoms with Crippen LogP contribution in [0.1, 0.15) is 55.1 Å². The van der Waals surface area contributed by atoms with Gasteiger partial charge in [0, 0.05) is 25.1 Å². The van der Waals surface area contributed by atoms with Crippen LogP contribution in [0.5, 0.6) is 11.5 Å². The molecular formula is C25H30ClNO6. The molecule has 33 heavy (non-hydrogen) atoms. The number of amides is 1. The van der Waals surface area contributed by atoms with Gasteiger partial charge in [-0.15, -0.1) is 0 Å². The van der Waals surface area contributed by atoms with Crippen molar-refractivity contribution in [1.29, 1.82) is 0 Å². The van der Waals surface area contributed by atoms with E-state index in [2.05, 4.69) is 5.32 Å². The van der Waals surface area contributed by atoms with Crippen molar-refractivity contribution in [3.63, 3.8) is 0 Å². The molecular weight excluding hydrogens is 446 g/mol. The number of carbonyl (C=O) groups excluding carboxylic acids is 1. The SMILES string of the molecule is CCOc1ccc(CC2(C(=O)O)CCCO2)cc1CNC(=O)c1ccc(OC(C)C)cc1Cl. The number of carbonyl (C=O) groups is 2. The van der Waals surface area contributed by atoms with Gasteiger partial charge in [0.2, 0.25) is 0 Å². The van der Waals surface area contributed by atoms with Gasteiger partial charge in [-0.05, 0) is 63.4 Å². The molecule has 7 nitrogen and oxygen atoms in total. The zero-order chi connectivity index (χ0) is 24.0. The Balaban J connectivity index is 1.75. The van der Waals surface area contributed by atoms with Crippen LogP contribution in [-0.2, 0) is 22.5 Å². The summed E-state index contributed by atoms with van der Waals surface area (Å²) in [6, 6.07) is 10.5. The summed E-state index contributed by atoms with van der Waals surface area (Å²) in [5.74, 6) is -0.0576. The lowest BCUT2D eigenvalue weighted by Gasteiger charge is -2.24. The van der Waals surface area contributed by atoms with E-state index in [4.69, 9.17) is 25.8 Å². The molecule has 1 aliphatic heterocycles. The minimum atomic E-state index is -1.21. The summed E-state index contributed by atoms with van der Waals surface area (Å²) in [4.78, 5) is 24.6. The van der Waals surface area contributed by atoms with Gasteiger partial charge in [-0.1, -0.05) is 23.7 Å². The molecule has 1 heterocycles. The third-order valence-electron chi connectivity index (χ3n) is 5.40. The second-order valence-corrected chi connectivity index (χ2v) is 8.70. The van der Waals surface area contributed by atoms with Crippen LogP contribution in [0.25, 0.3) is 0 Å². The zero-order valence-corrected chi connectivity index (χ0v) is 19.9. The topological polar surface area (TPSA) is 94.1 Å². The molecule has 2 aromatic carbocycles. The maximum Gasteiger partial charge on any atom is 0.336 e. The Labute approximate surface area is 199 Å². The third kappa shape index (κ3) is 6.18. The standard InChI is InChI=1S/C25H30ClNO6/c1-4-31-22-9-6-17(14-25(24(29)30)10-5-11-32-25)12-18(22)15-27-23(28)20-8-7-19(13-21(20)26)33-16(2)3/h6-9,12-13,16H,4-5,10-11,14-15H2,1-3H3,(H,27,28)(H,29,30). The van der Waals surface area contributed by atoms with E-state index >= 15 is 0 Å². The van der Waals surface area contributed by atoms with Gasteiger partial charge in [-0.3, -0.25) is 4.79 Å². The average molecular weight is 476 g/mol. The van der Waals surface area contributed by atoms with E-state index in [0.717, 1.165) is 11.1 Å². The fourth-order valence-corrected chi connectivity index (χ4v) is 4.14. The number of halogens is 1. The van der Waals surface area contributed by atoms with E-state index in [1.54, 1.807) is 24.3 Å². The van der Waals surface area contributed by atoms with Gasteiger partial charge in [0.15, 0.2) is 5.60 Å². The fraction of sp³-hybridized carbons (Fsp3) is 0.440. The van der Waals surface area contributed by atoms with Crippen LogP contribution in [0.15, 0.2) is 36.4 Å². The van der Waals surface area contributed by atoms with Crippen molar-refractivity contribution in [3.05, 3.63) is 58.1 Å². The van der Waals surface area contributed by atoms with Crippen molar-refractivity contribution >= 4 is 23.5 Å². The summed E-state index contributed by atoms with van der Waals surface area (Å²) in [5, 5.41) is 12.9. The van der Waals surface area contributed by atoms with Crippen molar-refractivity contribution in [2.75, 3.05) is 13.2 Å². The largest absolute Gasteiger partial charge is 0.494 e. The third-order valence-corrected chi connectivity index (χ3v) is 5.72. The molecule has 0 spiro atoms. The van der Waals surface area contributed by atoms with Gasteiger partial charge in [-0.2, -0.15) is 0 Å². The molecule has 0 bridgehead atoms. The van der Waals surface area contributed by atoms with Gasteiger partial charge < -0.3 is 24.6 Å². The number of carboxylic acids is 1. The highest BCUT2D eigenvalue weighted by Crippen LogP contribution is 2.32. The number of rotatable bonds is 10. The molecule has 1 atom stereocenters. The fourth-order valence-electron chi connectivity index (χ4n) is 3.88. The van der Waals surface area contributed by atoms with Crippen LogP contribution in [-0.4, -0.2) is 41.9 Å². The van der Waals surface area contributed by atoms with E-state index in [-0.39, 0.29) is 25.0 Å². The summed E-state index contributed by atoms with van der Waals surface area (Å²) in [7, 11) is 0. The van der Waals surface area contributed by atoms with Crippen molar-refractivity contribution in [1.82, 2.24) is 5.32 Å². The second-order valence-electron chi connectivity index (χ2n) is 8.29. The molecule has 1 aliphatic rings. The monoisotopic (exact) mass is 475 g/mol. The lowest BCUT2D eigenvalue weighted by atomic mass is 9.91. The maximum atomic E-state index is 12.8. The molecule has 2 aromatic rings. The van der Waals surface area contributed by atoms with E-state index in [1.807, 2.05) is 32.9 Å². The predicted molar refractivity (Wildman–Crippen MR) is 125 cm³/mol. The average Bonchev–Trinajstić information content (AvgIpc) is 3.23. The van der Waals surface area contributed by atoms with Gasteiger partial charge >= 0.3 is 5.97 Å². The molecule has 0 aromatic heterocycles. The number of aliphatic carboxylic acids is 1. The number of nitrogens with one attached hydrogen (secondary N) is 1. The summed E-state index contributed by atoms with van der Waals surface area (Å²) in [6.07, 6.45) is 1.43. The summed E-state index contributed by atoms with van der Waals surface area (Å²) < 4.78 is 16.9. The van der Waals surface area contributed by atoms with Gasteiger partial charge in [0.25, 0.3) is 5.91 Å². The predicted octanol–water partition coefficient (Wildman–Crippen LogP) is 4.63. The van der Waals surface area contributed by atoms with Crippen LogP contribution in [0, 0.1) is 0 Å². The van der Waals surface area contributed by atoms with Gasteiger partial charge in [0.05, 0.1) is 23.3 Å². The second kappa shape index (κ2) is 10.9. The molecule has 1 amide bonds. The Morgan fingerprint density at radius 3 is 2.64 bits per heavy atom. The quantitative estimate of drug-likeness (QED) is 0.520.